The number of hydrogen-bond acceptors (Lipinski definition) is 3. The van der Waals surface area contributed by atoms with Crippen molar-refractivity contribution in [2.45, 2.75) is 56.9 Å². The van der Waals surface area contributed by atoms with Gasteiger partial charge in [-0.1, -0.05) is 42.5 Å². The SMILES string of the molecule is O=C(CC[C@]1(Cc2cccc3ccccc23)CCC(=O)N1)NCCCN1CCCC1=O. The van der Waals surface area contributed by atoms with Gasteiger partial charge >= 0.3 is 0 Å². The Balaban J connectivity index is 1.32. The lowest BCUT2D eigenvalue weighted by molar-refractivity contribution is -0.127. The number of fused-ring (bicyclic) bond motifs is 1. The van der Waals surface area contributed by atoms with Crippen LogP contribution in [0.3, 0.4) is 0 Å². The van der Waals surface area contributed by atoms with Gasteiger partial charge in [0.15, 0.2) is 0 Å². The lowest BCUT2D eigenvalue weighted by atomic mass is 9.83. The van der Waals surface area contributed by atoms with Crippen LogP contribution in [0.2, 0.25) is 0 Å². The van der Waals surface area contributed by atoms with Crippen LogP contribution in [0.5, 0.6) is 0 Å². The van der Waals surface area contributed by atoms with E-state index in [0.717, 1.165) is 32.2 Å². The minimum atomic E-state index is -0.374. The highest BCUT2D eigenvalue weighted by atomic mass is 16.2. The molecule has 2 fully saturated rings. The third-order valence-electron chi connectivity index (χ3n) is 6.57. The molecule has 0 unspecified atom stereocenters. The average molecular weight is 422 g/mol. The summed E-state index contributed by atoms with van der Waals surface area (Å²) in [7, 11) is 0. The minimum Gasteiger partial charge on any atom is -0.356 e. The van der Waals surface area contributed by atoms with Crippen molar-refractivity contribution < 1.29 is 14.4 Å². The Morgan fingerprint density at radius 3 is 2.71 bits per heavy atom. The number of nitrogens with zero attached hydrogens (tertiary/aromatic N) is 1. The number of likely N-dealkylation sites (tertiary alicyclic amines) is 1. The molecule has 0 aromatic heterocycles. The zero-order valence-corrected chi connectivity index (χ0v) is 18.0. The quantitative estimate of drug-likeness (QED) is 0.611. The molecule has 2 aliphatic rings. The van der Waals surface area contributed by atoms with Crippen molar-refractivity contribution in [2.75, 3.05) is 19.6 Å². The van der Waals surface area contributed by atoms with E-state index in [2.05, 4.69) is 41.0 Å². The van der Waals surface area contributed by atoms with Gasteiger partial charge in [-0.15, -0.1) is 0 Å². The number of nitrogens with one attached hydrogen (secondary N) is 2. The second-order valence-electron chi connectivity index (χ2n) is 8.83. The molecule has 2 N–H and O–H groups in total. The number of rotatable bonds is 9. The normalized spacial score (nSPS) is 21.0. The molecule has 2 aromatic rings. The Kier molecular flexibility index (Phi) is 6.54. The van der Waals surface area contributed by atoms with Gasteiger partial charge in [0.1, 0.15) is 0 Å². The standard InChI is InChI=1S/C25H31N3O3/c29-22(26-15-5-17-28-16-4-10-24(28)31)11-13-25(14-12-23(30)27-25)18-20-8-3-7-19-6-1-2-9-21(19)20/h1-3,6-9H,4-5,10-18H2,(H,26,29)(H,27,30)/t25-/m1/s1. The number of amides is 3. The van der Waals surface area contributed by atoms with E-state index in [-0.39, 0.29) is 23.3 Å². The summed E-state index contributed by atoms with van der Waals surface area (Å²) in [6.07, 6.45) is 5.36. The predicted octanol–water partition coefficient (Wildman–Crippen LogP) is 2.94. The maximum absolute atomic E-state index is 12.4. The van der Waals surface area contributed by atoms with Gasteiger partial charge in [-0.05, 0) is 48.4 Å². The highest BCUT2D eigenvalue weighted by Gasteiger charge is 2.38. The molecule has 6 heteroatoms. The summed E-state index contributed by atoms with van der Waals surface area (Å²) in [4.78, 5) is 38.0. The van der Waals surface area contributed by atoms with Crippen LogP contribution in [0.1, 0.15) is 50.5 Å². The molecule has 0 spiro atoms. The van der Waals surface area contributed by atoms with Crippen molar-refractivity contribution in [1.82, 2.24) is 15.5 Å². The molecule has 0 bridgehead atoms. The first-order valence-electron chi connectivity index (χ1n) is 11.4. The van der Waals surface area contributed by atoms with Gasteiger partial charge in [-0.25, -0.2) is 0 Å². The first-order chi connectivity index (χ1) is 15.0. The molecular formula is C25H31N3O3. The van der Waals surface area contributed by atoms with Crippen molar-refractivity contribution in [2.24, 2.45) is 0 Å². The summed E-state index contributed by atoms with van der Waals surface area (Å²) in [6, 6.07) is 14.6. The fraction of sp³-hybridized carbons (Fsp3) is 0.480. The first-order valence-corrected chi connectivity index (χ1v) is 11.4. The molecule has 3 amide bonds. The van der Waals surface area contributed by atoms with E-state index in [0.29, 0.717) is 38.8 Å². The molecule has 2 saturated heterocycles. The molecule has 0 aliphatic carbocycles. The van der Waals surface area contributed by atoms with Gasteiger partial charge < -0.3 is 15.5 Å². The maximum atomic E-state index is 12.4. The Morgan fingerprint density at radius 2 is 1.94 bits per heavy atom. The number of carbonyl (C=O) groups excluding carboxylic acids is 3. The van der Waals surface area contributed by atoms with Crippen LogP contribution < -0.4 is 10.6 Å². The summed E-state index contributed by atoms with van der Waals surface area (Å²) in [6.45, 7) is 2.12. The van der Waals surface area contributed by atoms with E-state index in [4.69, 9.17) is 0 Å². The van der Waals surface area contributed by atoms with Gasteiger partial charge in [-0.3, -0.25) is 14.4 Å². The van der Waals surface area contributed by atoms with Crippen LogP contribution in [0.4, 0.5) is 0 Å². The van der Waals surface area contributed by atoms with E-state index < -0.39 is 0 Å². The zero-order chi connectivity index (χ0) is 21.7. The van der Waals surface area contributed by atoms with Crippen LogP contribution >= 0.6 is 0 Å². The van der Waals surface area contributed by atoms with Gasteiger partial charge in [0, 0.05) is 44.4 Å². The fourth-order valence-electron chi connectivity index (χ4n) is 4.87. The van der Waals surface area contributed by atoms with Crippen LogP contribution in [0, 0.1) is 0 Å². The van der Waals surface area contributed by atoms with Crippen molar-refractivity contribution in [3.8, 4) is 0 Å². The molecule has 2 aromatic carbocycles. The first kappa shape index (κ1) is 21.3. The van der Waals surface area contributed by atoms with Gasteiger partial charge in [0.2, 0.25) is 17.7 Å². The Hall–Kier alpha value is -2.89. The molecule has 2 aliphatic heterocycles. The largest absolute Gasteiger partial charge is 0.356 e. The van der Waals surface area contributed by atoms with Gasteiger partial charge in [0.05, 0.1) is 0 Å². The molecule has 0 saturated carbocycles. The molecule has 6 nitrogen and oxygen atoms in total. The molecule has 1 atom stereocenters. The Bertz CT molecular complexity index is 968. The lowest BCUT2D eigenvalue weighted by Crippen LogP contribution is -2.44. The third kappa shape index (κ3) is 5.24. The van der Waals surface area contributed by atoms with E-state index in [9.17, 15) is 14.4 Å². The molecule has 4 rings (SSSR count). The Labute approximate surface area is 183 Å². The summed E-state index contributed by atoms with van der Waals surface area (Å²) in [5.41, 5.74) is 0.830. The van der Waals surface area contributed by atoms with Gasteiger partial charge in [-0.2, -0.15) is 0 Å². The summed E-state index contributed by atoms with van der Waals surface area (Å²) >= 11 is 0. The number of carbonyl (C=O) groups is 3. The summed E-state index contributed by atoms with van der Waals surface area (Å²) in [5, 5.41) is 8.55. The van der Waals surface area contributed by atoms with E-state index >= 15 is 0 Å². The van der Waals surface area contributed by atoms with Crippen LogP contribution in [0.15, 0.2) is 42.5 Å². The van der Waals surface area contributed by atoms with Gasteiger partial charge in [0.25, 0.3) is 0 Å². The lowest BCUT2D eigenvalue weighted by Gasteiger charge is -2.30. The molecule has 31 heavy (non-hydrogen) atoms. The second-order valence-corrected chi connectivity index (χ2v) is 8.83. The van der Waals surface area contributed by atoms with Crippen LogP contribution in [0.25, 0.3) is 10.8 Å². The van der Waals surface area contributed by atoms with Crippen molar-refractivity contribution >= 4 is 28.5 Å². The molecule has 2 heterocycles. The van der Waals surface area contributed by atoms with Crippen molar-refractivity contribution in [3.63, 3.8) is 0 Å². The third-order valence-corrected chi connectivity index (χ3v) is 6.57. The van der Waals surface area contributed by atoms with Crippen LogP contribution in [-0.4, -0.2) is 47.8 Å². The zero-order valence-electron chi connectivity index (χ0n) is 18.0. The van der Waals surface area contributed by atoms with Crippen LogP contribution in [-0.2, 0) is 20.8 Å². The number of hydrogen-bond donors (Lipinski definition) is 2. The summed E-state index contributed by atoms with van der Waals surface area (Å²) in [5.74, 6) is 0.292. The fourth-order valence-corrected chi connectivity index (χ4v) is 4.87. The van der Waals surface area contributed by atoms with E-state index in [1.807, 2.05) is 17.0 Å². The topological polar surface area (TPSA) is 78.5 Å². The molecule has 0 radical (unpaired) electrons. The second kappa shape index (κ2) is 9.50. The summed E-state index contributed by atoms with van der Waals surface area (Å²) < 4.78 is 0. The predicted molar refractivity (Wildman–Crippen MR) is 120 cm³/mol. The number of benzene rings is 2. The maximum Gasteiger partial charge on any atom is 0.222 e. The van der Waals surface area contributed by atoms with Crippen molar-refractivity contribution in [3.05, 3.63) is 48.0 Å². The average Bonchev–Trinajstić information content (AvgIpc) is 3.35. The van der Waals surface area contributed by atoms with E-state index in [1.54, 1.807) is 0 Å². The Morgan fingerprint density at radius 1 is 1.10 bits per heavy atom. The molecular weight excluding hydrogens is 390 g/mol. The smallest absolute Gasteiger partial charge is 0.222 e. The minimum absolute atomic E-state index is 0.00573. The highest BCUT2D eigenvalue weighted by Crippen LogP contribution is 2.32. The van der Waals surface area contributed by atoms with Crippen molar-refractivity contribution in [1.29, 1.82) is 0 Å². The monoisotopic (exact) mass is 421 g/mol. The van der Waals surface area contributed by atoms with E-state index in [1.165, 1.54) is 16.3 Å². The molecule has 164 valence electrons. The highest BCUT2D eigenvalue weighted by molar-refractivity contribution is 5.86.